The maximum Gasteiger partial charge on any atom is 0.222 e. The molecule has 0 spiro atoms. The summed E-state index contributed by atoms with van der Waals surface area (Å²) in [4.78, 5) is 23.5. The number of ether oxygens (including phenoxy) is 1. The molecule has 0 saturated carbocycles. The van der Waals surface area contributed by atoms with Gasteiger partial charge in [-0.2, -0.15) is 0 Å². The Balaban J connectivity index is 1.35. The van der Waals surface area contributed by atoms with Gasteiger partial charge in [-0.05, 0) is 30.4 Å². The molecule has 1 aromatic rings. The van der Waals surface area contributed by atoms with Gasteiger partial charge in [0.25, 0.3) is 0 Å². The highest BCUT2D eigenvalue weighted by Crippen LogP contribution is 2.38. The van der Waals surface area contributed by atoms with Crippen LogP contribution in [-0.2, 0) is 9.53 Å². The van der Waals surface area contributed by atoms with Gasteiger partial charge in [0.15, 0.2) is 5.96 Å². The SMILES string of the molecule is CN=C(NCC(C)CN1CCOCC1)N1CC(CCN2CCCC2=O)c2ccccc21. The van der Waals surface area contributed by atoms with Crippen molar-refractivity contribution in [1.82, 2.24) is 15.1 Å². The van der Waals surface area contributed by atoms with Gasteiger partial charge in [0.2, 0.25) is 5.91 Å². The Morgan fingerprint density at radius 3 is 2.81 bits per heavy atom. The predicted octanol–water partition coefficient (Wildman–Crippen LogP) is 2.15. The van der Waals surface area contributed by atoms with Crippen LogP contribution in [0.2, 0.25) is 0 Å². The number of nitrogens with zero attached hydrogens (tertiary/aromatic N) is 4. The van der Waals surface area contributed by atoms with Gasteiger partial charge in [-0.1, -0.05) is 25.1 Å². The van der Waals surface area contributed by atoms with E-state index in [4.69, 9.17) is 4.74 Å². The molecule has 170 valence electrons. The number of likely N-dealkylation sites (tertiary alicyclic amines) is 1. The molecular weight excluding hydrogens is 390 g/mol. The van der Waals surface area contributed by atoms with E-state index in [0.717, 1.165) is 77.8 Å². The Kier molecular flexibility index (Phi) is 7.45. The van der Waals surface area contributed by atoms with E-state index >= 15 is 0 Å². The maximum atomic E-state index is 12.0. The highest BCUT2D eigenvalue weighted by Gasteiger charge is 2.32. The molecule has 2 fully saturated rings. The second-order valence-electron chi connectivity index (χ2n) is 9.09. The number of para-hydroxylation sites is 1. The van der Waals surface area contributed by atoms with Gasteiger partial charge in [-0.3, -0.25) is 14.7 Å². The summed E-state index contributed by atoms with van der Waals surface area (Å²) in [6.45, 7) is 10.7. The fourth-order valence-electron chi connectivity index (χ4n) is 5.04. The van der Waals surface area contributed by atoms with Crippen LogP contribution in [-0.4, -0.2) is 87.7 Å². The van der Waals surface area contributed by atoms with Gasteiger partial charge in [-0.15, -0.1) is 0 Å². The maximum absolute atomic E-state index is 12.0. The number of guanidine groups is 1. The van der Waals surface area contributed by atoms with E-state index in [1.54, 1.807) is 0 Å². The molecule has 1 amide bonds. The summed E-state index contributed by atoms with van der Waals surface area (Å²) in [5, 5.41) is 3.62. The first-order valence-corrected chi connectivity index (χ1v) is 11.8. The van der Waals surface area contributed by atoms with Crippen molar-refractivity contribution in [2.24, 2.45) is 10.9 Å². The number of nitrogens with one attached hydrogen (secondary N) is 1. The molecule has 0 aromatic heterocycles. The van der Waals surface area contributed by atoms with Crippen LogP contribution in [0.5, 0.6) is 0 Å². The zero-order chi connectivity index (χ0) is 21.6. The second kappa shape index (κ2) is 10.5. The largest absolute Gasteiger partial charge is 0.379 e. The van der Waals surface area contributed by atoms with Crippen LogP contribution >= 0.6 is 0 Å². The number of anilines is 1. The van der Waals surface area contributed by atoms with Gasteiger partial charge >= 0.3 is 0 Å². The lowest BCUT2D eigenvalue weighted by atomic mass is 9.98. The van der Waals surface area contributed by atoms with E-state index < -0.39 is 0 Å². The second-order valence-corrected chi connectivity index (χ2v) is 9.09. The van der Waals surface area contributed by atoms with Crippen molar-refractivity contribution in [3.8, 4) is 0 Å². The molecule has 3 heterocycles. The minimum atomic E-state index is 0.315. The van der Waals surface area contributed by atoms with Gasteiger partial charge in [0, 0.05) is 70.9 Å². The Labute approximate surface area is 186 Å². The van der Waals surface area contributed by atoms with Crippen LogP contribution in [0.1, 0.15) is 37.7 Å². The average Bonchev–Trinajstić information content (AvgIpc) is 3.37. The molecule has 4 rings (SSSR count). The fourth-order valence-corrected chi connectivity index (χ4v) is 5.04. The molecule has 3 aliphatic heterocycles. The normalized spacial score (nSPS) is 23.4. The first-order valence-electron chi connectivity index (χ1n) is 11.8. The highest BCUT2D eigenvalue weighted by atomic mass is 16.5. The molecular formula is C24H37N5O2. The number of carbonyl (C=O) groups is 1. The molecule has 2 saturated heterocycles. The molecule has 0 aliphatic carbocycles. The van der Waals surface area contributed by atoms with Crippen molar-refractivity contribution in [1.29, 1.82) is 0 Å². The van der Waals surface area contributed by atoms with E-state index in [9.17, 15) is 4.79 Å². The summed E-state index contributed by atoms with van der Waals surface area (Å²) >= 11 is 0. The monoisotopic (exact) mass is 427 g/mol. The molecule has 0 radical (unpaired) electrons. The minimum absolute atomic E-state index is 0.315. The molecule has 2 unspecified atom stereocenters. The first kappa shape index (κ1) is 22.1. The van der Waals surface area contributed by atoms with Gasteiger partial charge in [-0.25, -0.2) is 0 Å². The van der Waals surface area contributed by atoms with Crippen LogP contribution in [0.25, 0.3) is 0 Å². The predicted molar refractivity (Wildman–Crippen MR) is 125 cm³/mol. The third kappa shape index (κ3) is 5.39. The number of fused-ring (bicyclic) bond motifs is 1. The number of aliphatic imine (C=N–C) groups is 1. The number of hydrogen-bond acceptors (Lipinski definition) is 4. The van der Waals surface area contributed by atoms with E-state index in [-0.39, 0.29) is 0 Å². The smallest absolute Gasteiger partial charge is 0.222 e. The van der Waals surface area contributed by atoms with E-state index in [2.05, 4.69) is 51.3 Å². The van der Waals surface area contributed by atoms with Crippen LogP contribution in [0.3, 0.4) is 0 Å². The van der Waals surface area contributed by atoms with Crippen molar-refractivity contribution < 1.29 is 9.53 Å². The number of benzene rings is 1. The van der Waals surface area contributed by atoms with Crippen molar-refractivity contribution >= 4 is 17.6 Å². The summed E-state index contributed by atoms with van der Waals surface area (Å²) in [7, 11) is 1.87. The summed E-state index contributed by atoms with van der Waals surface area (Å²) in [5.41, 5.74) is 2.62. The van der Waals surface area contributed by atoms with Crippen LogP contribution < -0.4 is 10.2 Å². The molecule has 3 aliphatic rings. The van der Waals surface area contributed by atoms with Crippen LogP contribution in [0.15, 0.2) is 29.3 Å². The quantitative estimate of drug-likeness (QED) is 0.534. The molecule has 0 bridgehead atoms. The zero-order valence-corrected chi connectivity index (χ0v) is 19.1. The average molecular weight is 428 g/mol. The molecule has 2 atom stereocenters. The fraction of sp³-hybridized carbons (Fsp3) is 0.667. The number of rotatable bonds is 7. The molecule has 31 heavy (non-hydrogen) atoms. The summed E-state index contributed by atoms with van der Waals surface area (Å²) in [6.07, 6.45) is 2.72. The first-order chi connectivity index (χ1) is 15.2. The highest BCUT2D eigenvalue weighted by molar-refractivity contribution is 5.98. The molecule has 1 N–H and O–H groups in total. The van der Waals surface area contributed by atoms with E-state index in [0.29, 0.717) is 24.2 Å². The Morgan fingerprint density at radius 2 is 2.06 bits per heavy atom. The van der Waals surface area contributed by atoms with Crippen molar-refractivity contribution in [3.05, 3.63) is 29.8 Å². The third-order valence-electron chi connectivity index (χ3n) is 6.74. The number of hydrogen-bond donors (Lipinski definition) is 1. The van der Waals surface area contributed by atoms with Gasteiger partial charge in [0.05, 0.1) is 13.2 Å². The minimum Gasteiger partial charge on any atom is -0.379 e. The van der Waals surface area contributed by atoms with Crippen molar-refractivity contribution in [3.63, 3.8) is 0 Å². The van der Waals surface area contributed by atoms with Crippen LogP contribution in [0.4, 0.5) is 5.69 Å². The lowest BCUT2D eigenvalue weighted by molar-refractivity contribution is -0.127. The van der Waals surface area contributed by atoms with E-state index in [1.807, 2.05) is 11.9 Å². The molecule has 7 heteroatoms. The standard InChI is InChI=1S/C24H37N5O2/c1-19(17-27-12-14-31-15-13-27)16-26-24(25-2)29-18-20(21-6-3-4-7-22(21)29)9-11-28-10-5-8-23(28)30/h3-4,6-7,19-20H,5,8-18H2,1-2H3,(H,25,26). The third-order valence-corrected chi connectivity index (χ3v) is 6.74. The Hall–Kier alpha value is -2.12. The summed E-state index contributed by atoms with van der Waals surface area (Å²) in [5.74, 6) is 2.22. The van der Waals surface area contributed by atoms with Crippen LogP contribution in [0, 0.1) is 5.92 Å². The van der Waals surface area contributed by atoms with E-state index in [1.165, 1.54) is 11.3 Å². The number of amides is 1. The zero-order valence-electron chi connectivity index (χ0n) is 19.1. The Morgan fingerprint density at radius 1 is 1.26 bits per heavy atom. The van der Waals surface area contributed by atoms with Gasteiger partial charge < -0.3 is 19.9 Å². The van der Waals surface area contributed by atoms with Gasteiger partial charge in [0.1, 0.15) is 0 Å². The topological polar surface area (TPSA) is 60.4 Å². The van der Waals surface area contributed by atoms with Crippen molar-refractivity contribution in [2.75, 3.05) is 71.0 Å². The van der Waals surface area contributed by atoms with Crippen molar-refractivity contribution in [2.45, 2.75) is 32.1 Å². The number of morpholine rings is 1. The lowest BCUT2D eigenvalue weighted by Crippen LogP contribution is -2.45. The number of carbonyl (C=O) groups excluding carboxylic acids is 1. The Bertz CT molecular complexity index is 777. The lowest BCUT2D eigenvalue weighted by Gasteiger charge is -2.30. The molecule has 7 nitrogen and oxygen atoms in total. The summed E-state index contributed by atoms with van der Waals surface area (Å²) in [6, 6.07) is 8.66. The summed E-state index contributed by atoms with van der Waals surface area (Å²) < 4.78 is 5.46. The molecule has 1 aromatic carbocycles.